The molecule has 2 aliphatic rings. The number of amides is 2. The summed E-state index contributed by atoms with van der Waals surface area (Å²) < 4.78 is 0. The van der Waals surface area contributed by atoms with Gasteiger partial charge in [0.1, 0.15) is 5.82 Å². The molecule has 2 aliphatic heterocycles. The van der Waals surface area contributed by atoms with Gasteiger partial charge in [-0.3, -0.25) is 9.59 Å². The van der Waals surface area contributed by atoms with Crippen molar-refractivity contribution in [2.45, 2.75) is 37.1 Å². The van der Waals surface area contributed by atoms with Crippen molar-refractivity contribution in [3.8, 4) is 22.4 Å². The molecule has 312 valence electrons. The van der Waals surface area contributed by atoms with Crippen molar-refractivity contribution in [2.24, 2.45) is 5.92 Å². The molecular formula is C54H49N7O2. The molecule has 63 heavy (non-hydrogen) atoms. The maximum atomic E-state index is 14.4. The van der Waals surface area contributed by atoms with Crippen LogP contribution in [-0.4, -0.2) is 67.7 Å². The summed E-state index contributed by atoms with van der Waals surface area (Å²) in [6.45, 7) is 2.83. The molecule has 8 aromatic rings. The minimum atomic E-state index is -0.373. The molecule has 0 radical (unpaired) electrons. The largest absolute Gasteiger partial charge is 0.354 e. The van der Waals surface area contributed by atoms with Crippen LogP contribution in [0.25, 0.3) is 33.2 Å². The number of nitrogens with zero attached hydrogens (tertiary/aromatic N) is 5. The van der Waals surface area contributed by atoms with E-state index >= 15 is 0 Å². The first-order valence-corrected chi connectivity index (χ1v) is 22.0. The van der Waals surface area contributed by atoms with Crippen LogP contribution in [0, 0.1) is 5.92 Å². The van der Waals surface area contributed by atoms with Crippen molar-refractivity contribution >= 4 is 28.5 Å². The molecule has 10 rings (SSSR count). The van der Waals surface area contributed by atoms with E-state index in [4.69, 9.17) is 4.98 Å². The molecule has 2 amide bonds. The minimum absolute atomic E-state index is 0.105. The molecule has 9 heteroatoms. The number of fused-ring (bicyclic) bond motifs is 1. The monoisotopic (exact) mass is 827 g/mol. The fourth-order valence-corrected chi connectivity index (χ4v) is 9.45. The maximum absolute atomic E-state index is 14.4. The highest BCUT2D eigenvalue weighted by Gasteiger charge is 2.37. The lowest BCUT2D eigenvalue weighted by molar-refractivity contribution is -0.133. The third kappa shape index (κ3) is 8.47. The van der Waals surface area contributed by atoms with E-state index in [1.165, 1.54) is 0 Å². The van der Waals surface area contributed by atoms with Gasteiger partial charge in [-0.1, -0.05) is 146 Å². The van der Waals surface area contributed by atoms with Crippen LogP contribution in [0.5, 0.6) is 0 Å². The van der Waals surface area contributed by atoms with Gasteiger partial charge in [0.2, 0.25) is 17.8 Å². The molecule has 6 aromatic carbocycles. The number of benzene rings is 6. The van der Waals surface area contributed by atoms with Gasteiger partial charge in [0.15, 0.2) is 0 Å². The predicted octanol–water partition coefficient (Wildman–Crippen LogP) is 10.3. The molecule has 2 saturated heterocycles. The first kappa shape index (κ1) is 39.7. The Hall–Kier alpha value is -7.39. The van der Waals surface area contributed by atoms with Crippen LogP contribution < -0.4 is 5.32 Å². The van der Waals surface area contributed by atoms with Crippen molar-refractivity contribution < 1.29 is 9.59 Å². The number of hydrogen-bond donors (Lipinski definition) is 2. The van der Waals surface area contributed by atoms with Gasteiger partial charge < -0.3 is 20.1 Å². The zero-order chi connectivity index (χ0) is 42.5. The Labute approximate surface area is 367 Å². The Balaban J connectivity index is 0.775. The van der Waals surface area contributed by atoms with Crippen LogP contribution in [0.4, 0.5) is 5.95 Å². The molecule has 0 saturated carbocycles. The van der Waals surface area contributed by atoms with Gasteiger partial charge in [0.05, 0.1) is 29.8 Å². The van der Waals surface area contributed by atoms with Gasteiger partial charge in [-0.25, -0.2) is 15.0 Å². The topological polar surface area (TPSA) is 107 Å². The van der Waals surface area contributed by atoms with E-state index in [2.05, 4.69) is 56.7 Å². The van der Waals surface area contributed by atoms with E-state index in [1.54, 1.807) is 0 Å². The van der Waals surface area contributed by atoms with E-state index in [-0.39, 0.29) is 29.7 Å². The summed E-state index contributed by atoms with van der Waals surface area (Å²) in [5.74, 6) is 1.27. The number of hydrogen-bond acceptors (Lipinski definition) is 6. The quantitative estimate of drug-likeness (QED) is 0.127. The average molecular weight is 828 g/mol. The third-order valence-corrected chi connectivity index (χ3v) is 12.8. The normalized spacial score (nSPS) is 16.3. The summed E-state index contributed by atoms with van der Waals surface area (Å²) in [7, 11) is 0. The zero-order valence-corrected chi connectivity index (χ0v) is 35.1. The Kier molecular flexibility index (Phi) is 11.3. The lowest BCUT2D eigenvalue weighted by Crippen LogP contribution is -2.35. The molecule has 4 heterocycles. The van der Waals surface area contributed by atoms with Crippen LogP contribution >= 0.6 is 0 Å². The smallest absolute Gasteiger partial charge is 0.235 e. The van der Waals surface area contributed by atoms with E-state index in [0.717, 1.165) is 87.0 Å². The van der Waals surface area contributed by atoms with Crippen LogP contribution in [0.1, 0.15) is 65.2 Å². The Morgan fingerprint density at radius 3 is 1.71 bits per heavy atom. The number of anilines is 1. The molecule has 9 nitrogen and oxygen atoms in total. The first-order valence-electron chi connectivity index (χ1n) is 22.0. The number of likely N-dealkylation sites (tertiary alicyclic amines) is 2. The Morgan fingerprint density at radius 2 is 1.13 bits per heavy atom. The van der Waals surface area contributed by atoms with Crippen molar-refractivity contribution in [2.75, 3.05) is 31.5 Å². The molecule has 0 spiro atoms. The summed E-state index contributed by atoms with van der Waals surface area (Å²) >= 11 is 0. The van der Waals surface area contributed by atoms with Crippen molar-refractivity contribution in [1.29, 1.82) is 0 Å². The summed E-state index contributed by atoms with van der Waals surface area (Å²) in [4.78, 5) is 50.1. The molecule has 2 fully saturated rings. The number of nitrogens with one attached hydrogen (secondary N) is 2. The second-order valence-corrected chi connectivity index (χ2v) is 16.8. The third-order valence-electron chi connectivity index (χ3n) is 12.8. The predicted molar refractivity (Wildman–Crippen MR) is 249 cm³/mol. The molecule has 2 aromatic heterocycles. The number of imidazole rings is 1. The fraction of sp³-hybridized carbons (Fsp3) is 0.204. The van der Waals surface area contributed by atoms with Crippen LogP contribution in [0.2, 0.25) is 0 Å². The van der Waals surface area contributed by atoms with Gasteiger partial charge in [0, 0.05) is 49.7 Å². The molecule has 0 unspecified atom stereocenters. The molecule has 2 atom stereocenters. The Bertz CT molecular complexity index is 2740. The van der Waals surface area contributed by atoms with Crippen LogP contribution in [0.3, 0.4) is 0 Å². The standard InChI is InChI=1S/C54H49N7O2/c62-52(49(38-14-5-1-6-15-38)39-16-7-2-8-17-39)60-29-27-37(36-60)32-56-54-57-33-46(34-58-54)44-24-23-43-31-45(26-25-42(43)30-44)47-35-55-51(59-47)48-22-13-28-61(48)53(63)50(40-18-9-3-10-19-40)41-20-11-4-12-21-41/h1-12,14-21,23-26,30-31,33-35,37,48-50H,13,22,27-29,32,36H2,(H,55,59)(H,56,57,58)/t37-,48+/m1/s1. The van der Waals surface area contributed by atoms with Crippen molar-refractivity contribution in [3.63, 3.8) is 0 Å². The molecular weight excluding hydrogens is 779 g/mol. The lowest BCUT2D eigenvalue weighted by Gasteiger charge is -2.28. The summed E-state index contributed by atoms with van der Waals surface area (Å²) in [6.07, 6.45) is 8.34. The number of carbonyl (C=O) groups is 2. The number of H-pyrrole nitrogens is 1. The number of aromatic amines is 1. The van der Waals surface area contributed by atoms with Crippen molar-refractivity contribution in [3.05, 3.63) is 204 Å². The first-order chi connectivity index (χ1) is 31.1. The number of rotatable bonds is 12. The zero-order valence-electron chi connectivity index (χ0n) is 35.1. The number of carbonyl (C=O) groups excluding carboxylic acids is 2. The average Bonchev–Trinajstić information content (AvgIpc) is 4.15. The van der Waals surface area contributed by atoms with Gasteiger partial charge in [0.25, 0.3) is 0 Å². The van der Waals surface area contributed by atoms with Gasteiger partial charge in [-0.05, 0) is 75.9 Å². The minimum Gasteiger partial charge on any atom is -0.354 e. The molecule has 0 aliphatic carbocycles. The Morgan fingerprint density at radius 1 is 0.587 bits per heavy atom. The second-order valence-electron chi connectivity index (χ2n) is 16.8. The van der Waals surface area contributed by atoms with Crippen LogP contribution in [0.15, 0.2) is 176 Å². The highest BCUT2D eigenvalue weighted by molar-refractivity contribution is 5.91. The van der Waals surface area contributed by atoms with Gasteiger partial charge in [-0.2, -0.15) is 0 Å². The van der Waals surface area contributed by atoms with E-state index in [9.17, 15) is 9.59 Å². The maximum Gasteiger partial charge on any atom is 0.235 e. The fourth-order valence-electron chi connectivity index (χ4n) is 9.45. The van der Waals surface area contributed by atoms with E-state index in [0.29, 0.717) is 31.5 Å². The van der Waals surface area contributed by atoms with E-state index < -0.39 is 0 Å². The molecule has 2 N–H and O–H groups in total. The highest BCUT2D eigenvalue weighted by atomic mass is 16.2. The second kappa shape index (κ2) is 17.9. The summed E-state index contributed by atoms with van der Waals surface area (Å²) in [5.41, 5.74) is 7.97. The summed E-state index contributed by atoms with van der Waals surface area (Å²) in [6, 6.07) is 53.0. The SMILES string of the molecule is O=C(C(c1ccccc1)c1ccccc1)N1CC[C@H](CNc2ncc(-c3ccc4cc(-c5cnc([C@@H]6CCCN6C(=O)C(c6ccccc6)c6ccccc6)[nH]5)ccc4c3)cn2)C1. The van der Waals surface area contributed by atoms with Gasteiger partial charge >= 0.3 is 0 Å². The van der Waals surface area contributed by atoms with Crippen molar-refractivity contribution in [1.82, 2.24) is 29.7 Å². The highest BCUT2D eigenvalue weighted by Crippen LogP contribution is 2.37. The number of aromatic nitrogens is 4. The molecule has 0 bridgehead atoms. The van der Waals surface area contributed by atoms with Gasteiger partial charge in [-0.15, -0.1) is 0 Å². The lowest BCUT2D eigenvalue weighted by atomic mass is 9.90. The summed E-state index contributed by atoms with van der Waals surface area (Å²) in [5, 5.41) is 5.65. The van der Waals surface area contributed by atoms with Crippen LogP contribution in [-0.2, 0) is 9.59 Å². The van der Waals surface area contributed by atoms with E-state index in [1.807, 2.05) is 150 Å².